The van der Waals surface area contributed by atoms with Gasteiger partial charge in [0.25, 0.3) is 0 Å². The maximum Gasteiger partial charge on any atom is 0.407 e. The second-order valence-corrected chi connectivity index (χ2v) is 6.48. The van der Waals surface area contributed by atoms with Crippen LogP contribution in [0.4, 0.5) is 4.79 Å². The molecule has 1 heterocycles. The van der Waals surface area contributed by atoms with Gasteiger partial charge in [-0.05, 0) is 32.2 Å². The predicted molar refractivity (Wildman–Crippen MR) is 102 cm³/mol. The second-order valence-electron chi connectivity index (χ2n) is 5.45. The Bertz CT molecular complexity index is 458. The van der Waals surface area contributed by atoms with Crippen LogP contribution >= 0.6 is 35.3 Å². The van der Waals surface area contributed by atoms with Crippen LogP contribution < -0.4 is 16.4 Å². The van der Waals surface area contributed by atoms with Gasteiger partial charge in [0.05, 0.1) is 0 Å². The van der Waals surface area contributed by atoms with Gasteiger partial charge in [-0.1, -0.05) is 6.07 Å². The number of nitrogens with zero attached hydrogens (tertiary/aromatic N) is 1. The van der Waals surface area contributed by atoms with Gasteiger partial charge in [-0.15, -0.1) is 35.3 Å². The molecule has 0 spiro atoms. The highest BCUT2D eigenvalue weighted by Gasteiger charge is 2.15. The molecule has 1 amide bonds. The monoisotopic (exact) mass is 440 g/mol. The summed E-state index contributed by atoms with van der Waals surface area (Å²) in [4.78, 5) is 16.9. The van der Waals surface area contributed by atoms with Gasteiger partial charge in [-0.2, -0.15) is 0 Å². The number of aliphatic imine (C=N–C) groups is 1. The molecule has 0 atom stereocenters. The highest BCUT2D eigenvalue weighted by Crippen LogP contribution is 2.08. The molecule has 0 aliphatic rings. The van der Waals surface area contributed by atoms with Crippen LogP contribution in [0.1, 0.15) is 25.6 Å². The first-order valence-corrected chi connectivity index (χ1v) is 7.78. The highest BCUT2D eigenvalue weighted by molar-refractivity contribution is 14.0. The van der Waals surface area contributed by atoms with Gasteiger partial charge in [0.2, 0.25) is 0 Å². The van der Waals surface area contributed by atoms with E-state index in [2.05, 4.69) is 21.7 Å². The Morgan fingerprint density at radius 2 is 2.05 bits per heavy atom. The number of amides is 1. The topological polar surface area (TPSA) is 88.7 Å². The van der Waals surface area contributed by atoms with Crippen LogP contribution in [0.25, 0.3) is 0 Å². The Balaban J connectivity index is 0.00000441. The third kappa shape index (κ3) is 10.7. The molecule has 6 nitrogen and oxygen atoms in total. The first-order chi connectivity index (χ1) is 9.87. The molecule has 126 valence electrons. The Morgan fingerprint density at radius 3 is 2.64 bits per heavy atom. The minimum atomic E-state index is -0.486. The van der Waals surface area contributed by atoms with E-state index in [0.29, 0.717) is 25.6 Å². The Kier molecular flexibility index (Phi) is 10.2. The van der Waals surface area contributed by atoms with Crippen molar-refractivity contribution >= 4 is 47.4 Å². The van der Waals surface area contributed by atoms with Gasteiger partial charge in [0, 0.05) is 30.9 Å². The Morgan fingerprint density at radius 1 is 1.36 bits per heavy atom. The van der Waals surface area contributed by atoms with Crippen molar-refractivity contribution < 1.29 is 9.53 Å². The van der Waals surface area contributed by atoms with Crippen molar-refractivity contribution in [3.8, 4) is 0 Å². The number of nitrogens with two attached hydrogens (primary N) is 1. The van der Waals surface area contributed by atoms with Crippen LogP contribution in [0, 0.1) is 0 Å². The normalized spacial score (nSPS) is 11.5. The Hall–Kier alpha value is -1.03. The molecule has 4 N–H and O–H groups in total. The molecule has 0 saturated carbocycles. The summed E-state index contributed by atoms with van der Waals surface area (Å²) in [5.74, 6) is 0.387. The molecule has 0 bridgehead atoms. The molecule has 0 saturated heterocycles. The first kappa shape index (κ1) is 21.0. The van der Waals surface area contributed by atoms with Gasteiger partial charge >= 0.3 is 6.09 Å². The fourth-order valence-corrected chi connectivity index (χ4v) is 2.16. The van der Waals surface area contributed by atoms with Crippen molar-refractivity contribution in [1.82, 2.24) is 10.6 Å². The summed E-state index contributed by atoms with van der Waals surface area (Å²) in [6, 6.07) is 4.10. The van der Waals surface area contributed by atoms with Gasteiger partial charge in [-0.3, -0.25) is 4.99 Å². The number of hydrogen-bond donors (Lipinski definition) is 3. The van der Waals surface area contributed by atoms with E-state index in [-0.39, 0.29) is 24.0 Å². The summed E-state index contributed by atoms with van der Waals surface area (Å²) in [7, 11) is 0. The maximum absolute atomic E-state index is 11.4. The molecule has 1 aromatic rings. The second kappa shape index (κ2) is 10.7. The van der Waals surface area contributed by atoms with Crippen LogP contribution in [0.3, 0.4) is 0 Å². The molecule has 22 heavy (non-hydrogen) atoms. The van der Waals surface area contributed by atoms with Crippen LogP contribution in [-0.2, 0) is 11.2 Å². The van der Waals surface area contributed by atoms with E-state index in [9.17, 15) is 4.79 Å². The van der Waals surface area contributed by atoms with Crippen molar-refractivity contribution in [2.75, 3.05) is 19.6 Å². The summed E-state index contributed by atoms with van der Waals surface area (Å²) in [5, 5.41) is 7.63. The van der Waals surface area contributed by atoms with Crippen LogP contribution in [0.2, 0.25) is 0 Å². The molecule has 0 fully saturated rings. The lowest BCUT2D eigenvalue weighted by Crippen LogP contribution is -2.40. The molecule has 0 radical (unpaired) electrons. The third-order valence-electron chi connectivity index (χ3n) is 2.32. The lowest BCUT2D eigenvalue weighted by molar-refractivity contribution is 0.0529. The third-order valence-corrected chi connectivity index (χ3v) is 3.26. The van der Waals surface area contributed by atoms with Gasteiger partial charge in [0.1, 0.15) is 5.60 Å². The van der Waals surface area contributed by atoms with E-state index >= 15 is 0 Å². The Labute approximate surface area is 152 Å². The fourth-order valence-electron chi connectivity index (χ4n) is 1.47. The fraction of sp³-hybridized carbons (Fsp3) is 0.571. The number of guanidine groups is 1. The smallest absolute Gasteiger partial charge is 0.407 e. The standard InChI is InChI=1S/C14H24N4O2S.HI/c1-14(2,3)20-13(19)18-9-8-17-12(15)16-7-6-11-5-4-10-21-11;/h4-5,10H,6-9H2,1-3H3,(H,18,19)(H3,15,16,17);1H. The molecule has 8 heteroatoms. The van der Waals surface area contributed by atoms with Crippen LogP contribution in [-0.4, -0.2) is 37.3 Å². The van der Waals surface area contributed by atoms with E-state index in [0.717, 1.165) is 6.42 Å². The first-order valence-electron chi connectivity index (χ1n) is 6.90. The van der Waals surface area contributed by atoms with Crippen molar-refractivity contribution in [2.45, 2.75) is 32.8 Å². The quantitative estimate of drug-likeness (QED) is 0.274. The van der Waals surface area contributed by atoms with Gasteiger partial charge in [0.15, 0.2) is 5.96 Å². The number of halogens is 1. The van der Waals surface area contributed by atoms with Crippen molar-refractivity contribution in [3.05, 3.63) is 22.4 Å². The zero-order valence-corrected chi connectivity index (χ0v) is 16.4. The zero-order chi connectivity index (χ0) is 15.7. The maximum atomic E-state index is 11.4. The number of hydrogen-bond acceptors (Lipinski definition) is 4. The van der Waals surface area contributed by atoms with Crippen LogP contribution in [0.5, 0.6) is 0 Å². The summed E-state index contributed by atoms with van der Waals surface area (Å²) in [6.45, 7) is 7.05. The lowest BCUT2D eigenvalue weighted by Gasteiger charge is -2.19. The number of carbonyl (C=O) groups is 1. The predicted octanol–water partition coefficient (Wildman–Crippen LogP) is 2.34. The van der Waals surface area contributed by atoms with Crippen LogP contribution in [0.15, 0.2) is 22.5 Å². The largest absolute Gasteiger partial charge is 0.444 e. The number of carbonyl (C=O) groups excluding carboxylic acids is 1. The summed E-state index contributed by atoms with van der Waals surface area (Å²) in [5.41, 5.74) is 5.24. The van der Waals surface area contributed by atoms with Crippen molar-refractivity contribution in [2.24, 2.45) is 10.7 Å². The van der Waals surface area contributed by atoms with Crippen molar-refractivity contribution in [3.63, 3.8) is 0 Å². The molecule has 0 aromatic carbocycles. The van der Waals surface area contributed by atoms with Gasteiger partial charge < -0.3 is 21.1 Å². The highest BCUT2D eigenvalue weighted by atomic mass is 127. The molecule has 1 rings (SSSR count). The van der Waals surface area contributed by atoms with E-state index in [4.69, 9.17) is 10.5 Å². The minimum absolute atomic E-state index is 0. The minimum Gasteiger partial charge on any atom is -0.444 e. The zero-order valence-electron chi connectivity index (χ0n) is 13.2. The van der Waals surface area contributed by atoms with E-state index < -0.39 is 11.7 Å². The average Bonchev–Trinajstić information content (AvgIpc) is 2.85. The number of thiophene rings is 1. The molecular weight excluding hydrogens is 415 g/mol. The average molecular weight is 440 g/mol. The lowest BCUT2D eigenvalue weighted by atomic mass is 10.2. The van der Waals surface area contributed by atoms with E-state index in [1.807, 2.05) is 32.2 Å². The summed E-state index contributed by atoms with van der Waals surface area (Å²) >= 11 is 1.71. The number of ether oxygens (including phenoxy) is 1. The molecule has 0 aliphatic carbocycles. The number of nitrogens with one attached hydrogen (secondary N) is 2. The molecular formula is C14H25IN4O2S. The van der Waals surface area contributed by atoms with E-state index in [1.165, 1.54) is 4.88 Å². The molecule has 0 aliphatic heterocycles. The number of alkyl carbamates (subject to hydrolysis) is 1. The number of rotatable bonds is 6. The molecule has 1 aromatic heterocycles. The summed E-state index contributed by atoms with van der Waals surface area (Å²) in [6.07, 6.45) is 0.452. The molecule has 0 unspecified atom stereocenters. The van der Waals surface area contributed by atoms with E-state index in [1.54, 1.807) is 11.3 Å². The van der Waals surface area contributed by atoms with Gasteiger partial charge in [-0.25, -0.2) is 4.79 Å². The SMILES string of the molecule is CC(C)(C)OC(=O)NCCNC(N)=NCCc1cccs1.I. The van der Waals surface area contributed by atoms with Crippen molar-refractivity contribution in [1.29, 1.82) is 0 Å². The summed E-state index contributed by atoms with van der Waals surface area (Å²) < 4.78 is 5.11.